The van der Waals surface area contributed by atoms with Crippen molar-refractivity contribution in [2.75, 3.05) is 11.5 Å². The van der Waals surface area contributed by atoms with Gasteiger partial charge in [-0.05, 0) is 49.7 Å². The zero-order valence-corrected chi connectivity index (χ0v) is 18.0. The average Bonchev–Trinajstić information content (AvgIpc) is 2.72. The normalized spacial score (nSPS) is 17.6. The lowest BCUT2D eigenvalue weighted by atomic mass is 9.80. The van der Waals surface area contributed by atoms with E-state index in [1.54, 1.807) is 24.5 Å². The Kier molecular flexibility index (Phi) is 6.46. The third kappa shape index (κ3) is 4.81. The number of halogens is 3. The number of anilines is 2. The molecule has 4 N–H and O–H groups in total. The standard InChI is InChI=1S/C11H16BClN2O2.C5H4BrClN2/c1-10(2)11(3,4)17-12(16-10)7-6-15-9(14)5-8(7)13;6-3-2-9-5(8)1-4(3)7/h5-6H,1-4H3,(H2,14,15);1-2H,(H2,8,9). The van der Waals surface area contributed by atoms with Crippen LogP contribution in [0.25, 0.3) is 0 Å². The second-order valence-corrected chi connectivity index (χ2v) is 8.41. The van der Waals surface area contributed by atoms with Crippen LogP contribution in [0.5, 0.6) is 0 Å². The van der Waals surface area contributed by atoms with Crippen LogP contribution in [0.15, 0.2) is 29.0 Å². The summed E-state index contributed by atoms with van der Waals surface area (Å²) in [6.45, 7) is 7.97. The van der Waals surface area contributed by atoms with E-state index in [0.717, 1.165) is 4.47 Å². The van der Waals surface area contributed by atoms with Crippen molar-refractivity contribution in [1.29, 1.82) is 0 Å². The Labute approximate surface area is 171 Å². The molecule has 0 bridgehead atoms. The van der Waals surface area contributed by atoms with E-state index in [4.69, 9.17) is 44.0 Å². The number of hydrogen-bond donors (Lipinski definition) is 2. The van der Waals surface area contributed by atoms with Gasteiger partial charge in [0.2, 0.25) is 0 Å². The average molecular weight is 462 g/mol. The van der Waals surface area contributed by atoms with Crippen LogP contribution in [-0.2, 0) is 9.31 Å². The summed E-state index contributed by atoms with van der Waals surface area (Å²) in [7, 11) is -0.499. The molecule has 3 rings (SSSR count). The van der Waals surface area contributed by atoms with Crippen molar-refractivity contribution < 1.29 is 9.31 Å². The Morgan fingerprint density at radius 3 is 1.81 bits per heavy atom. The fourth-order valence-electron chi connectivity index (χ4n) is 2.03. The van der Waals surface area contributed by atoms with Crippen LogP contribution < -0.4 is 16.9 Å². The summed E-state index contributed by atoms with van der Waals surface area (Å²) in [4.78, 5) is 7.80. The van der Waals surface area contributed by atoms with Gasteiger partial charge < -0.3 is 20.8 Å². The first-order valence-electron chi connectivity index (χ1n) is 7.76. The lowest BCUT2D eigenvalue weighted by molar-refractivity contribution is 0.00578. The molecule has 0 atom stereocenters. The molecular weight excluding hydrogens is 442 g/mol. The molecule has 0 amide bonds. The molecule has 0 spiro atoms. The molecule has 1 aliphatic rings. The molecular formula is C16H20BBrCl2N4O2. The zero-order chi connectivity index (χ0) is 19.7. The first-order chi connectivity index (χ1) is 11.9. The molecule has 0 radical (unpaired) electrons. The van der Waals surface area contributed by atoms with Crippen molar-refractivity contribution in [3.8, 4) is 0 Å². The van der Waals surface area contributed by atoms with Gasteiger partial charge in [0, 0.05) is 28.9 Å². The van der Waals surface area contributed by atoms with E-state index in [0.29, 0.717) is 27.1 Å². The highest BCUT2D eigenvalue weighted by Gasteiger charge is 2.52. The molecule has 0 aliphatic carbocycles. The largest absolute Gasteiger partial charge is 0.497 e. The second kappa shape index (κ2) is 7.90. The van der Waals surface area contributed by atoms with E-state index in [2.05, 4.69) is 25.9 Å². The minimum absolute atomic E-state index is 0.385. The SMILES string of the molecule is CC1(C)OB(c2cnc(N)cc2Cl)OC1(C)C.Nc1cc(Cl)c(Br)cn1. The van der Waals surface area contributed by atoms with Crippen molar-refractivity contribution >= 4 is 63.3 Å². The highest BCUT2D eigenvalue weighted by Crippen LogP contribution is 2.36. The molecule has 2 aromatic rings. The summed E-state index contributed by atoms with van der Waals surface area (Å²) in [5, 5.41) is 1.10. The minimum atomic E-state index is -0.499. The summed E-state index contributed by atoms with van der Waals surface area (Å²) < 4.78 is 12.5. The fourth-order valence-corrected chi connectivity index (χ4v) is 2.66. The molecule has 0 aromatic carbocycles. The molecule has 0 saturated carbocycles. The van der Waals surface area contributed by atoms with Gasteiger partial charge >= 0.3 is 7.12 Å². The molecule has 2 aromatic heterocycles. The number of rotatable bonds is 1. The lowest BCUT2D eigenvalue weighted by Gasteiger charge is -2.32. The van der Waals surface area contributed by atoms with Crippen molar-refractivity contribution in [2.45, 2.75) is 38.9 Å². The van der Waals surface area contributed by atoms with E-state index < -0.39 is 7.12 Å². The van der Waals surface area contributed by atoms with Crippen LogP contribution in [0.4, 0.5) is 11.6 Å². The van der Waals surface area contributed by atoms with Crippen LogP contribution in [0.2, 0.25) is 10.0 Å². The predicted octanol–water partition coefficient (Wildman–Crippen LogP) is 3.70. The number of hydrogen-bond acceptors (Lipinski definition) is 6. The van der Waals surface area contributed by atoms with Crippen LogP contribution >= 0.6 is 39.1 Å². The minimum Gasteiger partial charge on any atom is -0.399 e. The third-order valence-electron chi connectivity index (χ3n) is 4.24. The topological polar surface area (TPSA) is 96.3 Å². The number of nitrogen functional groups attached to an aromatic ring is 2. The van der Waals surface area contributed by atoms with Gasteiger partial charge in [0.25, 0.3) is 0 Å². The van der Waals surface area contributed by atoms with E-state index >= 15 is 0 Å². The fraction of sp³-hybridized carbons (Fsp3) is 0.375. The van der Waals surface area contributed by atoms with Crippen molar-refractivity contribution in [3.63, 3.8) is 0 Å². The second-order valence-electron chi connectivity index (χ2n) is 6.74. The summed E-state index contributed by atoms with van der Waals surface area (Å²) >= 11 is 14.9. The van der Waals surface area contributed by atoms with E-state index in [9.17, 15) is 0 Å². The Hall–Kier alpha value is -1.06. The number of aromatic nitrogens is 2. The van der Waals surface area contributed by atoms with E-state index in [-0.39, 0.29) is 11.2 Å². The van der Waals surface area contributed by atoms with E-state index in [1.807, 2.05) is 27.7 Å². The maximum absolute atomic E-state index is 6.12. The van der Waals surface area contributed by atoms with Crippen molar-refractivity contribution in [2.24, 2.45) is 0 Å². The van der Waals surface area contributed by atoms with Gasteiger partial charge in [-0.3, -0.25) is 0 Å². The third-order valence-corrected chi connectivity index (χ3v) is 5.74. The number of pyridine rings is 2. The van der Waals surface area contributed by atoms with Crippen LogP contribution in [0.1, 0.15) is 27.7 Å². The van der Waals surface area contributed by atoms with Crippen LogP contribution in [0.3, 0.4) is 0 Å². The highest BCUT2D eigenvalue weighted by molar-refractivity contribution is 9.10. The van der Waals surface area contributed by atoms with E-state index in [1.165, 1.54) is 0 Å². The Morgan fingerprint density at radius 2 is 1.38 bits per heavy atom. The lowest BCUT2D eigenvalue weighted by Crippen LogP contribution is -2.41. The first-order valence-corrected chi connectivity index (χ1v) is 9.31. The van der Waals surface area contributed by atoms with Crippen LogP contribution in [-0.4, -0.2) is 28.3 Å². The first kappa shape index (κ1) is 21.2. The summed E-state index contributed by atoms with van der Waals surface area (Å²) in [6, 6.07) is 3.19. The van der Waals surface area contributed by atoms with Gasteiger partial charge in [-0.25, -0.2) is 9.97 Å². The summed E-state index contributed by atoms with van der Waals surface area (Å²) in [5.41, 5.74) is 10.8. The summed E-state index contributed by atoms with van der Waals surface area (Å²) in [5.74, 6) is 0.818. The van der Waals surface area contributed by atoms with Gasteiger partial charge in [0.05, 0.1) is 20.7 Å². The van der Waals surface area contributed by atoms with Gasteiger partial charge in [0.15, 0.2) is 0 Å². The Morgan fingerprint density at radius 1 is 0.923 bits per heavy atom. The molecule has 1 aliphatic heterocycles. The zero-order valence-electron chi connectivity index (χ0n) is 14.9. The molecule has 3 heterocycles. The number of nitrogens with zero attached hydrogens (tertiary/aromatic N) is 2. The monoisotopic (exact) mass is 460 g/mol. The smallest absolute Gasteiger partial charge is 0.399 e. The Bertz CT molecular complexity index is 792. The highest BCUT2D eigenvalue weighted by atomic mass is 79.9. The summed E-state index contributed by atoms with van der Waals surface area (Å²) in [6.07, 6.45) is 3.16. The van der Waals surface area contributed by atoms with Gasteiger partial charge in [-0.15, -0.1) is 0 Å². The molecule has 140 valence electrons. The predicted molar refractivity (Wildman–Crippen MR) is 111 cm³/mol. The number of nitrogens with two attached hydrogens (primary N) is 2. The molecule has 6 nitrogen and oxygen atoms in total. The molecule has 1 fully saturated rings. The van der Waals surface area contributed by atoms with Gasteiger partial charge in [-0.1, -0.05) is 23.2 Å². The van der Waals surface area contributed by atoms with Crippen molar-refractivity contribution in [3.05, 3.63) is 39.0 Å². The Balaban J connectivity index is 0.000000228. The van der Waals surface area contributed by atoms with Gasteiger partial charge in [0.1, 0.15) is 11.6 Å². The molecule has 1 saturated heterocycles. The molecule has 26 heavy (non-hydrogen) atoms. The van der Waals surface area contributed by atoms with Crippen LogP contribution in [0, 0.1) is 0 Å². The maximum Gasteiger partial charge on any atom is 0.497 e. The maximum atomic E-state index is 6.12. The van der Waals surface area contributed by atoms with Gasteiger partial charge in [-0.2, -0.15) is 0 Å². The molecule has 10 heteroatoms. The quantitative estimate of drug-likeness (QED) is 0.628. The molecule has 0 unspecified atom stereocenters. The van der Waals surface area contributed by atoms with Crippen molar-refractivity contribution in [1.82, 2.24) is 9.97 Å².